The Morgan fingerprint density at radius 2 is 1.50 bits per heavy atom. The van der Waals surface area contributed by atoms with Crippen LogP contribution in [-0.2, 0) is 6.54 Å². The molecule has 1 saturated carbocycles. The summed E-state index contributed by atoms with van der Waals surface area (Å²) in [5.41, 5.74) is 2.34. The number of carbonyl (C=O) groups is 3. The van der Waals surface area contributed by atoms with Gasteiger partial charge in [-0.2, -0.15) is 0 Å². The summed E-state index contributed by atoms with van der Waals surface area (Å²) in [5, 5.41) is 12.5. The molecule has 144 valence electrons. The van der Waals surface area contributed by atoms with Crippen LogP contribution in [0.15, 0.2) is 48.5 Å². The zero-order valence-corrected chi connectivity index (χ0v) is 15.4. The Kier molecular flexibility index (Phi) is 4.96. The van der Waals surface area contributed by atoms with Gasteiger partial charge in [-0.25, -0.2) is 4.79 Å². The first-order chi connectivity index (χ1) is 13.5. The fourth-order valence-corrected chi connectivity index (χ4v) is 4.11. The zero-order valence-electron chi connectivity index (χ0n) is 15.4. The molecule has 0 aromatic heterocycles. The molecule has 6 nitrogen and oxygen atoms in total. The van der Waals surface area contributed by atoms with Crippen molar-refractivity contribution in [3.05, 3.63) is 70.8 Å². The highest BCUT2D eigenvalue weighted by Crippen LogP contribution is 2.31. The third kappa shape index (κ3) is 3.43. The second-order valence-electron chi connectivity index (χ2n) is 7.41. The van der Waals surface area contributed by atoms with E-state index in [1.54, 1.807) is 36.4 Å². The largest absolute Gasteiger partial charge is 0.478 e. The quantitative estimate of drug-likeness (QED) is 0.781. The third-order valence-corrected chi connectivity index (χ3v) is 5.68. The number of aromatic carboxylic acids is 1. The number of imide groups is 1. The number of nitrogens with one attached hydrogen (secondary N) is 1. The van der Waals surface area contributed by atoms with E-state index in [2.05, 4.69) is 5.32 Å². The number of hydrogen-bond acceptors (Lipinski definition) is 4. The molecule has 2 aromatic carbocycles. The van der Waals surface area contributed by atoms with Crippen LogP contribution < -0.4 is 5.32 Å². The van der Waals surface area contributed by atoms with Crippen molar-refractivity contribution < 1.29 is 19.5 Å². The van der Waals surface area contributed by atoms with Gasteiger partial charge in [0.2, 0.25) is 0 Å². The van der Waals surface area contributed by atoms with E-state index in [0.717, 1.165) is 31.2 Å². The van der Waals surface area contributed by atoms with Gasteiger partial charge in [0, 0.05) is 18.6 Å². The predicted octanol–water partition coefficient (Wildman–Crippen LogP) is 3.08. The predicted molar refractivity (Wildman–Crippen MR) is 103 cm³/mol. The Labute approximate surface area is 163 Å². The fourth-order valence-electron chi connectivity index (χ4n) is 4.11. The second kappa shape index (κ2) is 7.56. The van der Waals surface area contributed by atoms with Crippen molar-refractivity contribution in [1.29, 1.82) is 0 Å². The van der Waals surface area contributed by atoms with E-state index < -0.39 is 5.97 Å². The molecule has 2 amide bonds. The Hall–Kier alpha value is -2.99. The number of amides is 2. The average Bonchev–Trinajstić information content (AvgIpc) is 2.98. The molecule has 0 radical (unpaired) electrons. The molecule has 6 heteroatoms. The lowest BCUT2D eigenvalue weighted by Gasteiger charge is -2.33. The van der Waals surface area contributed by atoms with Crippen molar-refractivity contribution in [2.75, 3.05) is 0 Å². The van der Waals surface area contributed by atoms with Gasteiger partial charge in [0.1, 0.15) is 0 Å². The highest BCUT2D eigenvalue weighted by atomic mass is 16.4. The topological polar surface area (TPSA) is 86.7 Å². The number of hydrogen-bond donors (Lipinski definition) is 2. The fraction of sp³-hybridized carbons (Fsp3) is 0.318. The van der Waals surface area contributed by atoms with Gasteiger partial charge in [0.25, 0.3) is 11.8 Å². The molecule has 2 aliphatic rings. The summed E-state index contributed by atoms with van der Waals surface area (Å²) in [4.78, 5) is 37.6. The number of nitrogens with zero attached hydrogens (tertiary/aromatic N) is 1. The molecule has 2 aromatic rings. The van der Waals surface area contributed by atoms with Crippen LogP contribution in [0.3, 0.4) is 0 Å². The highest BCUT2D eigenvalue weighted by molar-refractivity contribution is 6.21. The summed E-state index contributed by atoms with van der Waals surface area (Å²) in [6.07, 6.45) is 3.37. The molecule has 0 spiro atoms. The molecular weight excluding hydrogens is 356 g/mol. The van der Waals surface area contributed by atoms with Crippen LogP contribution in [0.2, 0.25) is 0 Å². The van der Waals surface area contributed by atoms with Crippen LogP contribution in [0.25, 0.3) is 0 Å². The standard InChI is InChI=1S/C22H22N2O4/c25-20-18-3-1-2-4-19(18)21(26)24(20)17-11-9-16(10-12-17)23-13-14-5-7-15(8-6-14)22(27)28/h1-8,16-17,23H,9-13H2,(H,27,28). The maximum Gasteiger partial charge on any atom is 0.335 e. The van der Waals surface area contributed by atoms with E-state index in [0.29, 0.717) is 23.7 Å². The van der Waals surface area contributed by atoms with Crippen LogP contribution >= 0.6 is 0 Å². The molecule has 0 saturated heterocycles. The summed E-state index contributed by atoms with van der Waals surface area (Å²) in [6, 6.07) is 14.2. The normalized spacial score (nSPS) is 21.6. The van der Waals surface area contributed by atoms with Crippen molar-refractivity contribution in [2.45, 2.75) is 44.3 Å². The second-order valence-corrected chi connectivity index (χ2v) is 7.41. The van der Waals surface area contributed by atoms with E-state index in [1.807, 2.05) is 12.1 Å². The molecule has 2 N–H and O–H groups in total. The average molecular weight is 378 g/mol. The Morgan fingerprint density at radius 1 is 0.929 bits per heavy atom. The first-order valence-corrected chi connectivity index (χ1v) is 9.57. The van der Waals surface area contributed by atoms with Gasteiger partial charge in [0.05, 0.1) is 16.7 Å². The van der Waals surface area contributed by atoms with Crippen molar-refractivity contribution >= 4 is 17.8 Å². The van der Waals surface area contributed by atoms with E-state index in [4.69, 9.17) is 5.11 Å². The third-order valence-electron chi connectivity index (χ3n) is 5.68. The smallest absolute Gasteiger partial charge is 0.335 e. The van der Waals surface area contributed by atoms with Gasteiger partial charge in [0.15, 0.2) is 0 Å². The Morgan fingerprint density at radius 3 is 2.04 bits per heavy atom. The van der Waals surface area contributed by atoms with Gasteiger partial charge in [-0.1, -0.05) is 24.3 Å². The van der Waals surface area contributed by atoms with Crippen molar-refractivity contribution in [2.24, 2.45) is 0 Å². The van der Waals surface area contributed by atoms with E-state index in [1.165, 1.54) is 4.90 Å². The van der Waals surface area contributed by atoms with Crippen LogP contribution in [0.4, 0.5) is 0 Å². The number of carboxylic acids is 1. The molecule has 4 rings (SSSR count). The minimum Gasteiger partial charge on any atom is -0.478 e. The molecule has 1 aliphatic carbocycles. The molecule has 1 aliphatic heterocycles. The molecule has 28 heavy (non-hydrogen) atoms. The van der Waals surface area contributed by atoms with Crippen LogP contribution in [0, 0.1) is 0 Å². The monoisotopic (exact) mass is 378 g/mol. The van der Waals surface area contributed by atoms with Crippen molar-refractivity contribution in [3.8, 4) is 0 Å². The minimum absolute atomic E-state index is 0.0414. The van der Waals surface area contributed by atoms with Crippen LogP contribution in [0.1, 0.15) is 62.3 Å². The number of carbonyl (C=O) groups excluding carboxylic acids is 2. The summed E-state index contributed by atoms with van der Waals surface area (Å²) in [6.45, 7) is 0.669. The van der Waals surface area contributed by atoms with E-state index in [9.17, 15) is 14.4 Å². The number of carboxylic acid groups (broad SMARTS) is 1. The number of benzene rings is 2. The van der Waals surface area contributed by atoms with Crippen LogP contribution in [-0.4, -0.2) is 39.9 Å². The first kappa shape index (κ1) is 18.4. The van der Waals surface area contributed by atoms with E-state index in [-0.39, 0.29) is 23.4 Å². The van der Waals surface area contributed by atoms with Gasteiger partial charge >= 0.3 is 5.97 Å². The van der Waals surface area contributed by atoms with Gasteiger partial charge in [-0.3, -0.25) is 14.5 Å². The first-order valence-electron chi connectivity index (χ1n) is 9.57. The van der Waals surface area contributed by atoms with Gasteiger partial charge < -0.3 is 10.4 Å². The summed E-state index contributed by atoms with van der Waals surface area (Å²) >= 11 is 0. The Bertz CT molecular complexity index is 879. The van der Waals surface area contributed by atoms with E-state index >= 15 is 0 Å². The lowest BCUT2D eigenvalue weighted by Crippen LogP contribution is -2.44. The SMILES string of the molecule is O=C(O)c1ccc(CNC2CCC(N3C(=O)c4ccccc4C3=O)CC2)cc1. The zero-order chi connectivity index (χ0) is 19.7. The molecule has 1 fully saturated rings. The molecule has 1 heterocycles. The molecule has 0 bridgehead atoms. The number of rotatable bonds is 5. The summed E-state index contributed by atoms with van der Waals surface area (Å²) in [5.74, 6) is -1.27. The summed E-state index contributed by atoms with van der Waals surface area (Å²) in [7, 11) is 0. The van der Waals surface area contributed by atoms with Gasteiger partial charge in [-0.05, 0) is 55.5 Å². The van der Waals surface area contributed by atoms with Crippen LogP contribution in [0.5, 0.6) is 0 Å². The highest BCUT2D eigenvalue weighted by Gasteiger charge is 2.40. The van der Waals surface area contributed by atoms with Crippen molar-refractivity contribution in [3.63, 3.8) is 0 Å². The minimum atomic E-state index is -0.925. The maximum absolute atomic E-state index is 12.6. The van der Waals surface area contributed by atoms with Gasteiger partial charge in [-0.15, -0.1) is 0 Å². The summed E-state index contributed by atoms with van der Waals surface area (Å²) < 4.78 is 0. The number of fused-ring (bicyclic) bond motifs is 1. The lowest BCUT2D eigenvalue weighted by atomic mass is 9.90. The van der Waals surface area contributed by atoms with Crippen molar-refractivity contribution in [1.82, 2.24) is 10.2 Å². The maximum atomic E-state index is 12.6. The molecular formula is C22H22N2O4. The lowest BCUT2D eigenvalue weighted by molar-refractivity contribution is 0.0537. The molecule has 0 atom stereocenters. The molecule has 0 unspecified atom stereocenters. The Balaban J connectivity index is 1.31.